The third-order valence-electron chi connectivity index (χ3n) is 6.77. The standard InChI is InChI=1S/C33H38N2O/c1-3-4-5-7-11-28-19-21-31(22-20-28)33(36)35(25-29-12-8-6-9-13-29)26-32-14-10-23-34(32)24-30-17-15-27(2)16-18-30/h6,8-10,12-23H,3-5,7,11,24-26H2,1-2H3. The maximum Gasteiger partial charge on any atom is 0.254 e. The van der Waals surface area contributed by atoms with Crippen LogP contribution < -0.4 is 0 Å². The lowest BCUT2D eigenvalue weighted by Gasteiger charge is -2.24. The Balaban J connectivity index is 1.50. The van der Waals surface area contributed by atoms with Gasteiger partial charge in [0.25, 0.3) is 5.91 Å². The van der Waals surface area contributed by atoms with E-state index in [4.69, 9.17) is 0 Å². The first-order valence-electron chi connectivity index (χ1n) is 13.2. The molecule has 0 bridgehead atoms. The van der Waals surface area contributed by atoms with Gasteiger partial charge in [0, 0.05) is 30.5 Å². The first kappa shape index (κ1) is 25.5. The van der Waals surface area contributed by atoms with E-state index in [9.17, 15) is 4.79 Å². The molecule has 0 atom stereocenters. The van der Waals surface area contributed by atoms with Crippen molar-refractivity contribution in [1.82, 2.24) is 9.47 Å². The van der Waals surface area contributed by atoms with Gasteiger partial charge in [0.15, 0.2) is 0 Å². The molecule has 0 aliphatic carbocycles. The summed E-state index contributed by atoms with van der Waals surface area (Å²) in [6.45, 7) is 6.28. The zero-order valence-electron chi connectivity index (χ0n) is 21.7. The summed E-state index contributed by atoms with van der Waals surface area (Å²) in [5, 5.41) is 0. The molecule has 0 radical (unpaired) electrons. The van der Waals surface area contributed by atoms with Gasteiger partial charge in [0.1, 0.15) is 0 Å². The summed E-state index contributed by atoms with van der Waals surface area (Å²) in [5.74, 6) is 0.0690. The molecule has 36 heavy (non-hydrogen) atoms. The zero-order valence-corrected chi connectivity index (χ0v) is 21.7. The molecule has 3 heteroatoms. The SMILES string of the molecule is CCCCCCc1ccc(C(=O)N(Cc2ccccc2)Cc2cccn2Cc2ccc(C)cc2)cc1. The summed E-state index contributed by atoms with van der Waals surface area (Å²) in [6, 6.07) is 31.4. The Morgan fingerprint density at radius 3 is 2.17 bits per heavy atom. The van der Waals surface area contributed by atoms with Crippen molar-refractivity contribution in [3.05, 3.63) is 131 Å². The van der Waals surface area contributed by atoms with Crippen molar-refractivity contribution in [2.24, 2.45) is 0 Å². The van der Waals surface area contributed by atoms with E-state index in [0.717, 1.165) is 29.8 Å². The molecule has 1 heterocycles. The predicted molar refractivity (Wildman–Crippen MR) is 149 cm³/mol. The summed E-state index contributed by atoms with van der Waals surface area (Å²) >= 11 is 0. The van der Waals surface area contributed by atoms with E-state index >= 15 is 0 Å². The van der Waals surface area contributed by atoms with E-state index < -0.39 is 0 Å². The van der Waals surface area contributed by atoms with Crippen LogP contribution in [0, 0.1) is 6.92 Å². The van der Waals surface area contributed by atoms with Gasteiger partial charge in [-0.25, -0.2) is 0 Å². The van der Waals surface area contributed by atoms with E-state index in [0.29, 0.717) is 13.1 Å². The summed E-state index contributed by atoms with van der Waals surface area (Å²) in [6.07, 6.45) is 8.20. The minimum Gasteiger partial charge on any atom is -0.345 e. The van der Waals surface area contributed by atoms with Crippen molar-refractivity contribution in [3.63, 3.8) is 0 Å². The largest absolute Gasteiger partial charge is 0.345 e. The van der Waals surface area contributed by atoms with Crippen LogP contribution in [-0.4, -0.2) is 15.4 Å². The van der Waals surface area contributed by atoms with E-state index in [1.807, 2.05) is 35.2 Å². The molecule has 0 aliphatic rings. The Kier molecular flexibility index (Phi) is 9.15. The second kappa shape index (κ2) is 12.9. The Morgan fingerprint density at radius 1 is 0.722 bits per heavy atom. The lowest BCUT2D eigenvalue weighted by Crippen LogP contribution is -2.31. The Bertz CT molecular complexity index is 1210. The van der Waals surface area contributed by atoms with Gasteiger partial charge in [-0.3, -0.25) is 4.79 Å². The van der Waals surface area contributed by atoms with Crippen molar-refractivity contribution >= 4 is 5.91 Å². The number of unbranched alkanes of at least 4 members (excludes halogenated alkanes) is 3. The second-order valence-electron chi connectivity index (χ2n) is 9.77. The van der Waals surface area contributed by atoms with Crippen LogP contribution in [0.25, 0.3) is 0 Å². The van der Waals surface area contributed by atoms with Crippen molar-refractivity contribution in [2.75, 3.05) is 0 Å². The molecule has 3 aromatic carbocycles. The molecule has 0 saturated heterocycles. The van der Waals surface area contributed by atoms with Crippen molar-refractivity contribution < 1.29 is 4.79 Å². The fourth-order valence-electron chi connectivity index (χ4n) is 4.59. The lowest BCUT2D eigenvalue weighted by atomic mass is 10.0. The first-order chi connectivity index (χ1) is 17.6. The Hall–Kier alpha value is -3.59. The maximum atomic E-state index is 13.7. The molecule has 4 aromatic rings. The first-order valence-corrected chi connectivity index (χ1v) is 13.2. The van der Waals surface area contributed by atoms with Gasteiger partial charge in [0.2, 0.25) is 0 Å². The third kappa shape index (κ3) is 7.21. The van der Waals surface area contributed by atoms with Crippen LogP contribution in [0.3, 0.4) is 0 Å². The number of hydrogen-bond acceptors (Lipinski definition) is 1. The molecule has 0 spiro atoms. The van der Waals surface area contributed by atoms with Gasteiger partial charge in [-0.1, -0.05) is 98.5 Å². The molecule has 186 valence electrons. The zero-order chi connectivity index (χ0) is 25.2. The molecule has 3 nitrogen and oxygen atoms in total. The highest BCUT2D eigenvalue weighted by molar-refractivity contribution is 5.94. The quantitative estimate of drug-likeness (QED) is 0.191. The summed E-state index contributed by atoms with van der Waals surface area (Å²) < 4.78 is 2.25. The molecule has 4 rings (SSSR count). The molecule has 0 aliphatic heterocycles. The highest BCUT2D eigenvalue weighted by atomic mass is 16.2. The maximum absolute atomic E-state index is 13.7. The molecular formula is C33H38N2O. The molecule has 1 amide bonds. The number of amides is 1. The smallest absolute Gasteiger partial charge is 0.254 e. The van der Waals surface area contributed by atoms with Crippen LogP contribution >= 0.6 is 0 Å². The lowest BCUT2D eigenvalue weighted by molar-refractivity contribution is 0.0726. The molecule has 1 aromatic heterocycles. The molecule has 0 unspecified atom stereocenters. The minimum atomic E-state index is 0.0690. The molecule has 0 saturated carbocycles. The Morgan fingerprint density at radius 2 is 1.44 bits per heavy atom. The van der Waals surface area contributed by atoms with E-state index in [1.165, 1.54) is 42.4 Å². The normalized spacial score (nSPS) is 10.9. The number of rotatable bonds is 12. The van der Waals surface area contributed by atoms with E-state index in [-0.39, 0.29) is 5.91 Å². The van der Waals surface area contributed by atoms with E-state index in [2.05, 4.69) is 85.3 Å². The number of aromatic nitrogens is 1. The summed E-state index contributed by atoms with van der Waals surface area (Å²) in [5.41, 5.74) is 6.85. The van der Waals surface area contributed by atoms with Crippen molar-refractivity contribution in [2.45, 2.75) is 65.6 Å². The predicted octanol–water partition coefficient (Wildman–Crippen LogP) is 7.81. The number of benzene rings is 3. The van der Waals surface area contributed by atoms with Gasteiger partial charge in [-0.2, -0.15) is 0 Å². The number of carbonyl (C=O) groups is 1. The fraction of sp³-hybridized carbons (Fsp3) is 0.303. The second-order valence-corrected chi connectivity index (χ2v) is 9.77. The van der Waals surface area contributed by atoms with Gasteiger partial charge in [0.05, 0.1) is 6.54 Å². The fourth-order valence-corrected chi connectivity index (χ4v) is 4.59. The summed E-state index contributed by atoms with van der Waals surface area (Å²) in [7, 11) is 0. The highest BCUT2D eigenvalue weighted by Gasteiger charge is 2.18. The van der Waals surface area contributed by atoms with Crippen molar-refractivity contribution in [1.29, 1.82) is 0 Å². The van der Waals surface area contributed by atoms with Crippen LogP contribution in [0.2, 0.25) is 0 Å². The van der Waals surface area contributed by atoms with Gasteiger partial charge >= 0.3 is 0 Å². The highest BCUT2D eigenvalue weighted by Crippen LogP contribution is 2.18. The molecular weight excluding hydrogens is 440 g/mol. The average molecular weight is 479 g/mol. The van der Waals surface area contributed by atoms with Crippen LogP contribution in [0.5, 0.6) is 0 Å². The molecule has 0 N–H and O–H groups in total. The monoisotopic (exact) mass is 478 g/mol. The topological polar surface area (TPSA) is 25.2 Å². The number of carbonyl (C=O) groups excluding carboxylic acids is 1. The van der Waals surface area contributed by atoms with Gasteiger partial charge < -0.3 is 9.47 Å². The van der Waals surface area contributed by atoms with E-state index in [1.54, 1.807) is 0 Å². The Labute approximate surface area is 216 Å². The number of hydrogen-bond donors (Lipinski definition) is 0. The van der Waals surface area contributed by atoms with Crippen LogP contribution in [0.1, 0.15) is 70.9 Å². The number of nitrogens with zero attached hydrogens (tertiary/aromatic N) is 2. The van der Waals surface area contributed by atoms with Crippen LogP contribution in [0.4, 0.5) is 0 Å². The molecule has 0 fully saturated rings. The average Bonchev–Trinajstić information content (AvgIpc) is 3.34. The summed E-state index contributed by atoms with van der Waals surface area (Å²) in [4.78, 5) is 15.7. The van der Waals surface area contributed by atoms with Crippen molar-refractivity contribution in [3.8, 4) is 0 Å². The minimum absolute atomic E-state index is 0.0690. The third-order valence-corrected chi connectivity index (χ3v) is 6.77. The van der Waals surface area contributed by atoms with Gasteiger partial charge in [-0.05, 0) is 60.7 Å². The van der Waals surface area contributed by atoms with Crippen LogP contribution in [0.15, 0.2) is 97.2 Å². The van der Waals surface area contributed by atoms with Gasteiger partial charge in [-0.15, -0.1) is 0 Å². The number of aryl methyl sites for hydroxylation is 2. The van der Waals surface area contributed by atoms with Crippen LogP contribution in [-0.2, 0) is 26.1 Å².